The molecule has 4 atom stereocenters. The zero-order valence-corrected chi connectivity index (χ0v) is 33.4. The van der Waals surface area contributed by atoms with E-state index in [0.29, 0.717) is 22.9 Å². The molecule has 0 spiro atoms. The highest BCUT2D eigenvalue weighted by Crippen LogP contribution is 2.43. The van der Waals surface area contributed by atoms with Gasteiger partial charge < -0.3 is 43.2 Å². The Morgan fingerprint density at radius 3 is 2.10 bits per heavy atom. The van der Waals surface area contributed by atoms with Crippen LogP contribution in [0, 0.1) is 6.92 Å². The number of ether oxygens (including phenoxy) is 7. The Kier molecular flexibility index (Phi) is 13.9. The van der Waals surface area contributed by atoms with Crippen molar-refractivity contribution in [3.63, 3.8) is 0 Å². The lowest BCUT2D eigenvalue weighted by Crippen LogP contribution is -2.43. The number of rotatable bonds is 18. The molecule has 0 saturated carbocycles. The van der Waals surface area contributed by atoms with Gasteiger partial charge in [0, 0.05) is 38.9 Å². The number of likely N-dealkylation sites (tertiary alicyclic amines) is 1. The topological polar surface area (TPSA) is 169 Å². The fourth-order valence-electron chi connectivity index (χ4n) is 7.27. The van der Waals surface area contributed by atoms with Gasteiger partial charge in [-0.15, -0.1) is 0 Å². The van der Waals surface area contributed by atoms with Crippen molar-refractivity contribution in [1.82, 2.24) is 14.5 Å². The molecule has 2 aliphatic heterocycles. The molecule has 0 radical (unpaired) electrons. The molecule has 308 valence electrons. The van der Waals surface area contributed by atoms with Crippen LogP contribution >= 0.6 is 0 Å². The third-order valence-electron chi connectivity index (χ3n) is 10.3. The molecular formula is C43H50N4O11. The van der Waals surface area contributed by atoms with Crippen LogP contribution in [0.3, 0.4) is 0 Å². The SMILES string of the molecule is COCCO[C@@H]1[C@H](OC(=O)CCC(=O)O)[C@@H](COC(c2ccccc2)(c2ccc(OC)cc2)c2ccc(OC)cc2)O[C@H]1n1cc(C)c(/N=C2\CCCN2C)nc1=O. The Balaban J connectivity index is 1.44. The zero-order valence-electron chi connectivity index (χ0n) is 33.4. The van der Waals surface area contributed by atoms with E-state index in [9.17, 15) is 19.5 Å². The third-order valence-corrected chi connectivity index (χ3v) is 10.3. The molecule has 0 unspecified atom stereocenters. The Labute approximate surface area is 337 Å². The molecule has 4 aromatic rings. The van der Waals surface area contributed by atoms with Crippen LogP contribution in [-0.4, -0.2) is 110 Å². The number of methoxy groups -OCH3 is 3. The number of carbonyl (C=O) groups is 2. The van der Waals surface area contributed by atoms with Gasteiger partial charge in [-0.3, -0.25) is 14.2 Å². The molecule has 3 aromatic carbocycles. The normalized spacial score (nSPS) is 20.0. The van der Waals surface area contributed by atoms with E-state index in [1.165, 1.54) is 11.7 Å². The molecule has 0 bridgehead atoms. The predicted octanol–water partition coefficient (Wildman–Crippen LogP) is 5.04. The summed E-state index contributed by atoms with van der Waals surface area (Å²) in [6.45, 7) is 2.72. The Morgan fingerprint density at radius 1 is 0.897 bits per heavy atom. The van der Waals surface area contributed by atoms with Crippen molar-refractivity contribution in [2.45, 2.75) is 62.7 Å². The monoisotopic (exact) mass is 798 g/mol. The number of aliphatic imine (C=N–C) groups is 1. The smallest absolute Gasteiger partial charge is 0.351 e. The van der Waals surface area contributed by atoms with Gasteiger partial charge >= 0.3 is 17.6 Å². The quantitative estimate of drug-likeness (QED) is 0.0808. The number of nitrogens with zero attached hydrogens (tertiary/aromatic N) is 4. The molecule has 2 fully saturated rings. The van der Waals surface area contributed by atoms with Gasteiger partial charge in [0.15, 0.2) is 18.1 Å². The Morgan fingerprint density at radius 2 is 1.53 bits per heavy atom. The molecule has 0 amide bonds. The lowest BCUT2D eigenvalue weighted by atomic mass is 9.80. The number of carboxylic acid groups (broad SMARTS) is 1. The second-order valence-electron chi connectivity index (χ2n) is 14.0. The minimum absolute atomic E-state index is 0.0582. The number of hydrogen-bond acceptors (Lipinski definition) is 12. The van der Waals surface area contributed by atoms with Crippen LogP contribution < -0.4 is 15.2 Å². The average molecular weight is 799 g/mol. The number of benzene rings is 3. The molecule has 58 heavy (non-hydrogen) atoms. The summed E-state index contributed by atoms with van der Waals surface area (Å²) in [5.41, 5.74) is 0.983. The minimum atomic E-state index is -1.27. The third kappa shape index (κ3) is 9.39. The van der Waals surface area contributed by atoms with Crippen molar-refractivity contribution in [3.05, 3.63) is 118 Å². The average Bonchev–Trinajstić information content (AvgIpc) is 3.80. The summed E-state index contributed by atoms with van der Waals surface area (Å²) in [6.07, 6.45) is -1.92. The van der Waals surface area contributed by atoms with Crippen molar-refractivity contribution in [2.75, 3.05) is 54.7 Å². The van der Waals surface area contributed by atoms with Crippen LogP contribution in [-0.2, 0) is 38.9 Å². The molecule has 15 heteroatoms. The van der Waals surface area contributed by atoms with Crippen molar-refractivity contribution in [1.29, 1.82) is 0 Å². The first kappa shape index (κ1) is 42.0. The van der Waals surface area contributed by atoms with Crippen LogP contribution in [0.2, 0.25) is 0 Å². The molecule has 6 rings (SSSR count). The highest BCUT2D eigenvalue weighted by atomic mass is 16.6. The van der Waals surface area contributed by atoms with Crippen LogP contribution in [0.15, 0.2) is 94.8 Å². The molecule has 15 nitrogen and oxygen atoms in total. The zero-order chi connectivity index (χ0) is 41.2. The maximum absolute atomic E-state index is 13.9. The first-order valence-electron chi connectivity index (χ1n) is 19.1. The summed E-state index contributed by atoms with van der Waals surface area (Å²) < 4.78 is 43.8. The first-order chi connectivity index (χ1) is 28.1. The van der Waals surface area contributed by atoms with Crippen LogP contribution in [0.4, 0.5) is 5.82 Å². The van der Waals surface area contributed by atoms with E-state index in [-0.39, 0.29) is 19.8 Å². The maximum atomic E-state index is 13.9. The van der Waals surface area contributed by atoms with Gasteiger partial charge in [0.25, 0.3) is 0 Å². The highest BCUT2D eigenvalue weighted by Gasteiger charge is 2.51. The molecule has 2 saturated heterocycles. The second-order valence-corrected chi connectivity index (χ2v) is 14.0. The van der Waals surface area contributed by atoms with E-state index in [1.807, 2.05) is 90.8 Å². The van der Waals surface area contributed by atoms with E-state index >= 15 is 0 Å². The summed E-state index contributed by atoms with van der Waals surface area (Å²) in [4.78, 5) is 49.7. The van der Waals surface area contributed by atoms with Crippen LogP contribution in [0.5, 0.6) is 11.5 Å². The van der Waals surface area contributed by atoms with Crippen molar-refractivity contribution >= 4 is 23.6 Å². The summed E-state index contributed by atoms with van der Waals surface area (Å²) in [5, 5.41) is 9.35. The fourth-order valence-corrected chi connectivity index (χ4v) is 7.27. The van der Waals surface area contributed by atoms with Crippen LogP contribution in [0.1, 0.15) is 54.2 Å². The Bertz CT molecular complexity index is 2040. The van der Waals surface area contributed by atoms with Gasteiger partial charge in [0.1, 0.15) is 35.1 Å². The number of aliphatic carboxylic acids is 1. The lowest BCUT2D eigenvalue weighted by Gasteiger charge is -2.37. The largest absolute Gasteiger partial charge is 0.497 e. The molecule has 0 aliphatic carbocycles. The van der Waals surface area contributed by atoms with Crippen LogP contribution in [0.25, 0.3) is 0 Å². The second kappa shape index (κ2) is 19.2. The lowest BCUT2D eigenvalue weighted by molar-refractivity contribution is -0.162. The molecule has 3 heterocycles. The summed E-state index contributed by atoms with van der Waals surface area (Å²) >= 11 is 0. The van der Waals surface area contributed by atoms with Crippen molar-refractivity contribution in [3.8, 4) is 11.5 Å². The molecule has 2 aliphatic rings. The number of amidine groups is 1. The summed E-state index contributed by atoms with van der Waals surface area (Å²) in [7, 11) is 6.65. The standard InChI is InChI=1S/C43H50N4O11/c1-28-26-47(42(51)45-40(28)44-35-12-9-23-46(35)2)41-39(55-25-24-52-3)38(58-37(50)22-21-36(48)49)34(57-41)27-56-43(29-10-7-6-8-11-29,30-13-17-32(53-4)18-14-30)31-15-19-33(54-5)20-16-31/h6-8,10-11,13-20,26,34,38-39,41H,9,12,21-25,27H2,1-5H3,(H,48,49)/b44-35+/t34-,38-,39-,41-/m1/s1. The number of carbonyl (C=O) groups excluding carboxylic acids is 1. The van der Waals surface area contributed by atoms with Gasteiger partial charge in [0.05, 0.1) is 46.9 Å². The van der Waals surface area contributed by atoms with E-state index in [2.05, 4.69) is 4.98 Å². The van der Waals surface area contributed by atoms with Gasteiger partial charge in [-0.2, -0.15) is 4.98 Å². The number of esters is 1. The number of aromatic nitrogens is 2. The van der Waals surface area contributed by atoms with E-state index in [4.69, 9.17) is 38.2 Å². The summed E-state index contributed by atoms with van der Waals surface area (Å²) in [5.74, 6) is 0.491. The molecular weight excluding hydrogens is 748 g/mol. The number of carboxylic acids is 1. The predicted molar refractivity (Wildman–Crippen MR) is 213 cm³/mol. The van der Waals surface area contributed by atoms with Gasteiger partial charge in [-0.25, -0.2) is 9.79 Å². The maximum Gasteiger partial charge on any atom is 0.351 e. The van der Waals surface area contributed by atoms with E-state index in [0.717, 1.165) is 41.9 Å². The van der Waals surface area contributed by atoms with E-state index < -0.39 is 60.6 Å². The Hall–Kier alpha value is -5.61. The van der Waals surface area contributed by atoms with Gasteiger partial charge in [-0.1, -0.05) is 54.6 Å². The first-order valence-corrected chi connectivity index (χ1v) is 19.1. The van der Waals surface area contributed by atoms with Gasteiger partial charge in [-0.05, 0) is 54.3 Å². The number of hydrogen-bond donors (Lipinski definition) is 1. The number of aryl methyl sites for hydroxylation is 1. The summed E-state index contributed by atoms with van der Waals surface area (Å²) in [6, 6.07) is 24.7. The highest BCUT2D eigenvalue weighted by molar-refractivity contribution is 5.86. The van der Waals surface area contributed by atoms with Gasteiger partial charge in [0.2, 0.25) is 0 Å². The van der Waals surface area contributed by atoms with E-state index in [1.54, 1.807) is 27.3 Å². The molecule has 1 aromatic heterocycles. The minimum Gasteiger partial charge on any atom is -0.497 e. The molecule has 1 N–H and O–H groups in total. The van der Waals surface area contributed by atoms with Crippen molar-refractivity contribution in [2.24, 2.45) is 4.99 Å². The van der Waals surface area contributed by atoms with Crippen molar-refractivity contribution < 1.29 is 47.9 Å². The fraction of sp³-hybridized carbons (Fsp3) is 0.419.